The van der Waals surface area contributed by atoms with E-state index in [4.69, 9.17) is 4.74 Å². The number of nitrogens with one attached hydrogen (secondary N) is 2. The average Bonchev–Trinajstić information content (AvgIpc) is 2.87. The van der Waals surface area contributed by atoms with Gasteiger partial charge in [-0.25, -0.2) is 0 Å². The summed E-state index contributed by atoms with van der Waals surface area (Å²) in [5.41, 5.74) is 0.381. The fourth-order valence-corrected chi connectivity index (χ4v) is 3.11. The van der Waals surface area contributed by atoms with Crippen molar-refractivity contribution in [3.63, 3.8) is 0 Å². The molecule has 1 unspecified atom stereocenters. The van der Waals surface area contributed by atoms with Gasteiger partial charge in [0.25, 0.3) is 0 Å². The van der Waals surface area contributed by atoms with Crippen molar-refractivity contribution in [3.8, 4) is 0 Å². The summed E-state index contributed by atoms with van der Waals surface area (Å²) < 4.78 is 5.36. The number of amides is 1. The molecule has 2 rings (SSSR count). The summed E-state index contributed by atoms with van der Waals surface area (Å²) in [6, 6.07) is 0.194. The molecule has 4 nitrogen and oxygen atoms in total. The van der Waals surface area contributed by atoms with Crippen molar-refractivity contribution in [2.45, 2.75) is 51.5 Å². The van der Waals surface area contributed by atoms with Crippen molar-refractivity contribution < 1.29 is 9.53 Å². The summed E-state index contributed by atoms with van der Waals surface area (Å²) in [6.45, 7) is 5.38. The van der Waals surface area contributed by atoms with Crippen LogP contribution in [0, 0.1) is 5.41 Å². The molecule has 0 spiro atoms. The maximum Gasteiger partial charge on any atom is 0.221 e. The van der Waals surface area contributed by atoms with Crippen molar-refractivity contribution in [1.82, 2.24) is 10.6 Å². The van der Waals surface area contributed by atoms with Crippen LogP contribution in [0.3, 0.4) is 0 Å². The summed E-state index contributed by atoms with van der Waals surface area (Å²) in [7, 11) is 0. The highest BCUT2D eigenvalue weighted by atomic mass is 16.5. The summed E-state index contributed by atoms with van der Waals surface area (Å²) in [5, 5.41) is 6.44. The predicted molar refractivity (Wildman–Crippen MR) is 71.4 cm³/mol. The van der Waals surface area contributed by atoms with Crippen LogP contribution in [-0.2, 0) is 9.53 Å². The molecule has 2 N–H and O–H groups in total. The lowest BCUT2D eigenvalue weighted by molar-refractivity contribution is -0.122. The molecule has 0 bridgehead atoms. The largest absolute Gasteiger partial charge is 0.378 e. The molecule has 104 valence electrons. The highest BCUT2D eigenvalue weighted by molar-refractivity contribution is 5.76. The molecule has 1 aliphatic carbocycles. The molecule has 18 heavy (non-hydrogen) atoms. The Bertz CT molecular complexity index is 269. The normalized spacial score (nSPS) is 27.1. The van der Waals surface area contributed by atoms with Crippen molar-refractivity contribution in [2.75, 3.05) is 26.3 Å². The smallest absolute Gasteiger partial charge is 0.221 e. The Morgan fingerprint density at radius 3 is 2.83 bits per heavy atom. The molecular formula is C14H26N2O2. The topological polar surface area (TPSA) is 50.4 Å². The van der Waals surface area contributed by atoms with Crippen LogP contribution in [-0.4, -0.2) is 38.3 Å². The highest BCUT2D eigenvalue weighted by Crippen LogP contribution is 2.40. The second-order valence-corrected chi connectivity index (χ2v) is 5.77. The molecule has 1 heterocycles. The van der Waals surface area contributed by atoms with Gasteiger partial charge in [-0.3, -0.25) is 4.79 Å². The van der Waals surface area contributed by atoms with Gasteiger partial charge in [0.2, 0.25) is 5.91 Å². The van der Waals surface area contributed by atoms with Crippen LogP contribution in [0.5, 0.6) is 0 Å². The second-order valence-electron chi connectivity index (χ2n) is 5.77. The molecular weight excluding hydrogens is 228 g/mol. The Morgan fingerprint density at radius 1 is 1.44 bits per heavy atom. The fraction of sp³-hybridized carbons (Fsp3) is 0.929. The Hall–Kier alpha value is -0.610. The molecule has 1 amide bonds. The van der Waals surface area contributed by atoms with Crippen molar-refractivity contribution >= 4 is 5.91 Å². The number of rotatable bonds is 5. The van der Waals surface area contributed by atoms with E-state index in [9.17, 15) is 4.79 Å². The lowest BCUT2D eigenvalue weighted by Gasteiger charge is -2.28. The zero-order chi connectivity index (χ0) is 12.8. The number of ether oxygens (including phenoxy) is 1. The first-order chi connectivity index (χ1) is 8.74. The zero-order valence-electron chi connectivity index (χ0n) is 11.5. The van der Waals surface area contributed by atoms with Crippen LogP contribution in [0.2, 0.25) is 0 Å². The summed E-state index contributed by atoms with van der Waals surface area (Å²) in [6.07, 6.45) is 6.91. The summed E-state index contributed by atoms with van der Waals surface area (Å²) in [4.78, 5) is 11.9. The van der Waals surface area contributed by atoms with Crippen molar-refractivity contribution in [2.24, 2.45) is 5.41 Å². The lowest BCUT2D eigenvalue weighted by atomic mass is 9.83. The first kappa shape index (κ1) is 13.8. The molecule has 1 saturated heterocycles. The van der Waals surface area contributed by atoms with E-state index in [1.165, 1.54) is 32.1 Å². The Balaban J connectivity index is 1.70. The van der Waals surface area contributed by atoms with Crippen LogP contribution in [0.4, 0.5) is 0 Å². The molecule has 1 aliphatic heterocycles. The van der Waals surface area contributed by atoms with Crippen LogP contribution >= 0.6 is 0 Å². The molecule has 2 aliphatic rings. The van der Waals surface area contributed by atoms with Gasteiger partial charge in [0, 0.05) is 25.6 Å². The van der Waals surface area contributed by atoms with Gasteiger partial charge in [-0.2, -0.15) is 0 Å². The van der Waals surface area contributed by atoms with E-state index in [0.717, 1.165) is 19.7 Å². The molecule has 0 aromatic carbocycles. The quantitative estimate of drug-likeness (QED) is 0.781. The van der Waals surface area contributed by atoms with Crippen LogP contribution in [0.15, 0.2) is 0 Å². The molecule has 0 aromatic rings. The van der Waals surface area contributed by atoms with E-state index >= 15 is 0 Å². The lowest BCUT2D eigenvalue weighted by Crippen LogP contribution is -2.45. The number of hydrogen-bond acceptors (Lipinski definition) is 3. The molecule has 1 atom stereocenters. The van der Waals surface area contributed by atoms with Crippen molar-refractivity contribution in [1.29, 1.82) is 0 Å². The van der Waals surface area contributed by atoms with Gasteiger partial charge in [-0.05, 0) is 24.7 Å². The second kappa shape index (κ2) is 6.53. The monoisotopic (exact) mass is 254 g/mol. The van der Waals surface area contributed by atoms with E-state index in [2.05, 4.69) is 17.6 Å². The third-order valence-corrected chi connectivity index (χ3v) is 4.51. The first-order valence-corrected chi connectivity index (χ1v) is 7.32. The van der Waals surface area contributed by atoms with E-state index in [1.54, 1.807) is 0 Å². The van der Waals surface area contributed by atoms with Gasteiger partial charge in [-0.1, -0.05) is 19.8 Å². The SMILES string of the molecule is CCC1(CNC(=O)CC2COCCN2)CCCC1. The number of morpholine rings is 1. The van der Waals surface area contributed by atoms with Gasteiger partial charge in [0.15, 0.2) is 0 Å². The highest BCUT2D eigenvalue weighted by Gasteiger charge is 2.32. The molecule has 4 heteroatoms. The maximum atomic E-state index is 11.9. The minimum atomic E-state index is 0.165. The Morgan fingerprint density at radius 2 is 2.22 bits per heavy atom. The number of carbonyl (C=O) groups is 1. The fourth-order valence-electron chi connectivity index (χ4n) is 3.11. The van der Waals surface area contributed by atoms with Crippen LogP contribution < -0.4 is 10.6 Å². The van der Waals surface area contributed by atoms with Crippen LogP contribution in [0.25, 0.3) is 0 Å². The first-order valence-electron chi connectivity index (χ1n) is 7.32. The van der Waals surface area contributed by atoms with Gasteiger partial charge in [0.1, 0.15) is 0 Å². The van der Waals surface area contributed by atoms with E-state index < -0.39 is 0 Å². The summed E-state index contributed by atoms with van der Waals surface area (Å²) in [5.74, 6) is 0.165. The van der Waals surface area contributed by atoms with Gasteiger partial charge in [0.05, 0.1) is 13.2 Å². The zero-order valence-corrected chi connectivity index (χ0v) is 11.5. The average molecular weight is 254 g/mol. The molecule has 0 aromatic heterocycles. The number of carbonyl (C=O) groups excluding carboxylic acids is 1. The third-order valence-electron chi connectivity index (χ3n) is 4.51. The number of hydrogen-bond donors (Lipinski definition) is 2. The molecule has 1 saturated carbocycles. The van der Waals surface area contributed by atoms with Crippen molar-refractivity contribution in [3.05, 3.63) is 0 Å². The molecule has 0 radical (unpaired) electrons. The minimum Gasteiger partial charge on any atom is -0.378 e. The predicted octanol–water partition coefficient (Wildman–Crippen LogP) is 1.45. The standard InChI is InChI=1S/C14H26N2O2/c1-2-14(5-3-4-6-14)11-16-13(17)9-12-10-18-8-7-15-12/h12,15H,2-11H2,1H3,(H,16,17). The van der Waals surface area contributed by atoms with E-state index in [1.807, 2.05) is 0 Å². The van der Waals surface area contributed by atoms with Crippen LogP contribution in [0.1, 0.15) is 45.4 Å². The van der Waals surface area contributed by atoms with Gasteiger partial charge in [-0.15, -0.1) is 0 Å². The van der Waals surface area contributed by atoms with Gasteiger partial charge < -0.3 is 15.4 Å². The van der Waals surface area contributed by atoms with E-state index in [0.29, 0.717) is 18.4 Å². The van der Waals surface area contributed by atoms with E-state index in [-0.39, 0.29) is 11.9 Å². The maximum absolute atomic E-state index is 11.9. The summed E-state index contributed by atoms with van der Waals surface area (Å²) >= 11 is 0. The molecule has 2 fully saturated rings. The minimum absolute atomic E-state index is 0.165. The third kappa shape index (κ3) is 3.69. The Labute approximate surface area is 110 Å². The van der Waals surface area contributed by atoms with Gasteiger partial charge >= 0.3 is 0 Å². The Kier molecular flexibility index (Phi) is 5.01.